The number of thiophene rings is 1. The van der Waals surface area contributed by atoms with E-state index < -0.39 is 0 Å². The lowest BCUT2D eigenvalue weighted by Crippen LogP contribution is -2.31. The van der Waals surface area contributed by atoms with E-state index in [1.165, 1.54) is 10.4 Å². The molecule has 102 valence electrons. The van der Waals surface area contributed by atoms with E-state index in [2.05, 4.69) is 47.7 Å². The molecule has 0 amide bonds. The summed E-state index contributed by atoms with van der Waals surface area (Å²) < 4.78 is 0. The maximum absolute atomic E-state index is 10.1. The third kappa shape index (κ3) is 5.15. The molecule has 1 heterocycles. The summed E-state index contributed by atoms with van der Waals surface area (Å²) >= 11 is 1.71. The van der Waals surface area contributed by atoms with E-state index in [1.54, 1.807) is 11.3 Å². The smallest absolute Gasteiger partial charge is 0.0715 e. The quantitative estimate of drug-likeness (QED) is 0.840. The average molecular weight is 275 g/mol. The molecule has 0 saturated heterocycles. The van der Waals surface area contributed by atoms with Crippen LogP contribution in [0.4, 0.5) is 0 Å². The van der Waals surface area contributed by atoms with Crippen LogP contribution >= 0.6 is 11.3 Å². The highest BCUT2D eigenvalue weighted by atomic mass is 32.1. The number of nitrogens with zero attached hydrogens (tertiary/aromatic N) is 1. The van der Waals surface area contributed by atoms with Gasteiger partial charge in [0.2, 0.25) is 0 Å². The van der Waals surface area contributed by atoms with E-state index in [0.29, 0.717) is 0 Å². The van der Waals surface area contributed by atoms with Crippen LogP contribution in [0.15, 0.2) is 47.8 Å². The molecule has 19 heavy (non-hydrogen) atoms. The maximum atomic E-state index is 10.1. The number of hydrogen-bond acceptors (Lipinski definition) is 3. The molecule has 2 aromatic rings. The lowest BCUT2D eigenvalue weighted by molar-refractivity contribution is 0.127. The van der Waals surface area contributed by atoms with Crippen molar-refractivity contribution < 1.29 is 5.11 Å². The predicted octanol–water partition coefficient (Wildman–Crippen LogP) is 2.83. The number of aliphatic hydroxyl groups excluding tert-OH is 1. The first kappa shape index (κ1) is 14.3. The van der Waals surface area contributed by atoms with Crippen molar-refractivity contribution >= 4 is 11.3 Å². The Balaban J connectivity index is 1.70. The Kier molecular flexibility index (Phi) is 5.58. The van der Waals surface area contributed by atoms with E-state index in [4.69, 9.17) is 0 Å². The van der Waals surface area contributed by atoms with Gasteiger partial charge in [-0.05, 0) is 30.5 Å². The van der Waals surface area contributed by atoms with Gasteiger partial charge in [0.15, 0.2) is 0 Å². The van der Waals surface area contributed by atoms with Crippen LogP contribution in [0.2, 0.25) is 0 Å². The minimum Gasteiger partial charge on any atom is -0.391 e. The van der Waals surface area contributed by atoms with Gasteiger partial charge in [-0.2, -0.15) is 0 Å². The Morgan fingerprint density at radius 3 is 2.63 bits per heavy atom. The first-order valence-corrected chi connectivity index (χ1v) is 7.55. The highest BCUT2D eigenvalue weighted by Crippen LogP contribution is 2.11. The average Bonchev–Trinajstić information content (AvgIpc) is 2.90. The lowest BCUT2D eigenvalue weighted by atomic mass is 10.1. The van der Waals surface area contributed by atoms with E-state index >= 15 is 0 Å². The van der Waals surface area contributed by atoms with Gasteiger partial charge in [-0.1, -0.05) is 36.4 Å². The monoisotopic (exact) mass is 275 g/mol. The molecule has 1 aromatic heterocycles. The van der Waals surface area contributed by atoms with Crippen LogP contribution in [-0.4, -0.2) is 36.2 Å². The van der Waals surface area contributed by atoms with E-state index in [0.717, 1.165) is 25.9 Å². The van der Waals surface area contributed by atoms with Crippen LogP contribution in [0.25, 0.3) is 0 Å². The van der Waals surface area contributed by atoms with E-state index in [9.17, 15) is 5.11 Å². The standard InChI is InChI=1S/C16H21NOS/c1-17(10-9-14-6-3-2-4-7-14)13-15(18)12-16-8-5-11-19-16/h2-8,11,15,18H,9-10,12-13H2,1H3. The van der Waals surface area contributed by atoms with Gasteiger partial charge < -0.3 is 10.0 Å². The van der Waals surface area contributed by atoms with Gasteiger partial charge in [-0.3, -0.25) is 0 Å². The molecule has 3 heteroatoms. The predicted molar refractivity (Wildman–Crippen MR) is 81.7 cm³/mol. The van der Waals surface area contributed by atoms with Crippen molar-refractivity contribution in [3.8, 4) is 0 Å². The SMILES string of the molecule is CN(CCc1ccccc1)CC(O)Cc1cccs1. The zero-order chi connectivity index (χ0) is 13.5. The Bertz CT molecular complexity index is 455. The first-order valence-electron chi connectivity index (χ1n) is 6.67. The molecule has 0 radical (unpaired) electrons. The molecule has 0 saturated carbocycles. The maximum Gasteiger partial charge on any atom is 0.0715 e. The van der Waals surface area contributed by atoms with Gasteiger partial charge in [0.25, 0.3) is 0 Å². The van der Waals surface area contributed by atoms with Crippen LogP contribution < -0.4 is 0 Å². The molecule has 2 rings (SSSR count). The highest BCUT2D eigenvalue weighted by Gasteiger charge is 2.09. The number of benzene rings is 1. The molecule has 1 aromatic carbocycles. The molecule has 0 aliphatic rings. The summed E-state index contributed by atoms with van der Waals surface area (Å²) in [5.41, 5.74) is 1.35. The molecule has 1 atom stereocenters. The van der Waals surface area contributed by atoms with Gasteiger partial charge in [0.1, 0.15) is 0 Å². The summed E-state index contributed by atoms with van der Waals surface area (Å²) in [6.07, 6.45) is 1.51. The Hall–Kier alpha value is -1.16. The van der Waals surface area contributed by atoms with E-state index in [1.807, 2.05) is 12.1 Å². The molecule has 0 aliphatic carbocycles. The van der Waals surface area contributed by atoms with E-state index in [-0.39, 0.29) is 6.10 Å². The number of hydrogen-bond donors (Lipinski definition) is 1. The van der Waals surface area contributed by atoms with Crippen molar-refractivity contribution in [3.63, 3.8) is 0 Å². The molecule has 2 nitrogen and oxygen atoms in total. The lowest BCUT2D eigenvalue weighted by Gasteiger charge is -2.20. The molecular weight excluding hydrogens is 254 g/mol. The van der Waals surface area contributed by atoms with Crippen LogP contribution in [-0.2, 0) is 12.8 Å². The molecule has 0 fully saturated rings. The zero-order valence-electron chi connectivity index (χ0n) is 11.3. The Morgan fingerprint density at radius 2 is 1.95 bits per heavy atom. The van der Waals surface area contributed by atoms with Crippen LogP contribution in [0.5, 0.6) is 0 Å². The van der Waals surface area contributed by atoms with Gasteiger partial charge in [0, 0.05) is 24.4 Å². The first-order chi connectivity index (χ1) is 9.24. The fourth-order valence-electron chi connectivity index (χ4n) is 2.14. The highest BCUT2D eigenvalue weighted by molar-refractivity contribution is 7.09. The third-order valence-electron chi connectivity index (χ3n) is 3.16. The Labute approximate surface area is 119 Å². The number of aliphatic hydroxyl groups is 1. The summed E-state index contributed by atoms with van der Waals surface area (Å²) in [4.78, 5) is 3.45. The van der Waals surface area contributed by atoms with Gasteiger partial charge in [-0.25, -0.2) is 0 Å². The summed E-state index contributed by atoms with van der Waals surface area (Å²) in [6.45, 7) is 1.70. The Morgan fingerprint density at radius 1 is 1.16 bits per heavy atom. The number of likely N-dealkylation sites (N-methyl/N-ethyl adjacent to an activating group) is 1. The third-order valence-corrected chi connectivity index (χ3v) is 4.06. The normalized spacial score (nSPS) is 12.8. The van der Waals surface area contributed by atoms with Crippen molar-refractivity contribution in [2.75, 3.05) is 20.1 Å². The summed E-state index contributed by atoms with van der Waals surface area (Å²) in [5, 5.41) is 12.1. The molecule has 0 spiro atoms. The second-order valence-electron chi connectivity index (χ2n) is 4.94. The summed E-state index contributed by atoms with van der Waals surface area (Å²) in [5.74, 6) is 0. The fourth-order valence-corrected chi connectivity index (χ4v) is 2.92. The van der Waals surface area contributed by atoms with Crippen LogP contribution in [0.3, 0.4) is 0 Å². The van der Waals surface area contributed by atoms with Crippen LogP contribution in [0.1, 0.15) is 10.4 Å². The second kappa shape index (κ2) is 7.43. The summed E-state index contributed by atoms with van der Waals surface area (Å²) in [6, 6.07) is 14.6. The number of rotatable bonds is 7. The van der Waals surface area contributed by atoms with Gasteiger partial charge >= 0.3 is 0 Å². The van der Waals surface area contributed by atoms with Crippen molar-refractivity contribution in [2.24, 2.45) is 0 Å². The molecular formula is C16H21NOS. The van der Waals surface area contributed by atoms with Crippen molar-refractivity contribution in [2.45, 2.75) is 18.9 Å². The second-order valence-corrected chi connectivity index (χ2v) is 5.97. The van der Waals surface area contributed by atoms with Crippen molar-refractivity contribution in [3.05, 3.63) is 58.3 Å². The van der Waals surface area contributed by atoms with Gasteiger partial charge in [0.05, 0.1) is 6.10 Å². The molecule has 0 aliphatic heterocycles. The molecule has 0 bridgehead atoms. The minimum absolute atomic E-state index is 0.278. The summed E-state index contributed by atoms with van der Waals surface area (Å²) in [7, 11) is 2.07. The zero-order valence-corrected chi connectivity index (χ0v) is 12.1. The fraction of sp³-hybridized carbons (Fsp3) is 0.375. The van der Waals surface area contributed by atoms with Crippen molar-refractivity contribution in [1.82, 2.24) is 4.90 Å². The molecule has 1 unspecified atom stereocenters. The van der Waals surface area contributed by atoms with Crippen LogP contribution in [0, 0.1) is 0 Å². The largest absolute Gasteiger partial charge is 0.391 e. The minimum atomic E-state index is -0.278. The van der Waals surface area contributed by atoms with Gasteiger partial charge in [-0.15, -0.1) is 11.3 Å². The molecule has 1 N–H and O–H groups in total. The topological polar surface area (TPSA) is 23.5 Å². The van der Waals surface area contributed by atoms with Crippen molar-refractivity contribution in [1.29, 1.82) is 0 Å².